The molecule has 1 aliphatic rings. The van der Waals surface area contributed by atoms with Crippen molar-refractivity contribution in [3.8, 4) is 11.5 Å². The van der Waals surface area contributed by atoms with Crippen molar-refractivity contribution in [3.63, 3.8) is 0 Å². The Morgan fingerprint density at radius 2 is 1.67 bits per heavy atom. The maximum atomic E-state index is 13.7. The maximum Gasteiger partial charge on any atom is 0.416 e. The van der Waals surface area contributed by atoms with Crippen molar-refractivity contribution in [1.82, 2.24) is 9.80 Å². The van der Waals surface area contributed by atoms with Crippen molar-refractivity contribution < 1.29 is 42.1 Å². The molecule has 3 aromatic carbocycles. The third-order valence-electron chi connectivity index (χ3n) is 7.55. The van der Waals surface area contributed by atoms with Gasteiger partial charge in [0.2, 0.25) is 0 Å². The Morgan fingerprint density at radius 3 is 2.28 bits per heavy atom. The maximum absolute atomic E-state index is 13.7. The van der Waals surface area contributed by atoms with E-state index in [-0.39, 0.29) is 48.3 Å². The van der Waals surface area contributed by atoms with Gasteiger partial charge in [-0.05, 0) is 67.6 Å². The van der Waals surface area contributed by atoms with Gasteiger partial charge in [0.15, 0.2) is 5.75 Å². The Morgan fingerprint density at radius 1 is 1.04 bits per heavy atom. The summed E-state index contributed by atoms with van der Waals surface area (Å²) in [6.45, 7) is 3.43. The fraction of sp³-hybridized carbons (Fsp3) is 0.344. The fourth-order valence-corrected chi connectivity index (χ4v) is 4.83. The molecule has 11 nitrogen and oxygen atoms in total. The topological polar surface area (TPSA) is 132 Å². The molecular formula is C32H36F3N5O6. The number of carbonyl (C=O) groups is 3. The number of ether oxygens (including phenoxy) is 2. The van der Waals surface area contributed by atoms with Gasteiger partial charge in [0.25, 0.3) is 5.91 Å². The summed E-state index contributed by atoms with van der Waals surface area (Å²) in [7, 11) is 3.03. The minimum Gasteiger partial charge on any atom is -0.497 e. The number of hydrogen-bond donors (Lipinski definition) is 4. The third kappa shape index (κ3) is 8.18. The van der Waals surface area contributed by atoms with Crippen LogP contribution >= 0.6 is 0 Å². The molecule has 0 saturated carbocycles. The second-order valence-corrected chi connectivity index (χ2v) is 11.0. The monoisotopic (exact) mass is 643 g/mol. The first-order valence-electron chi connectivity index (χ1n) is 14.4. The number of alkyl halides is 3. The molecule has 14 heteroatoms. The number of hydrogen-bond acceptors (Lipinski definition) is 6. The van der Waals surface area contributed by atoms with E-state index in [1.165, 1.54) is 24.0 Å². The van der Waals surface area contributed by atoms with E-state index in [0.29, 0.717) is 11.4 Å². The quantitative estimate of drug-likeness (QED) is 0.248. The van der Waals surface area contributed by atoms with Gasteiger partial charge in [0, 0.05) is 30.9 Å². The van der Waals surface area contributed by atoms with E-state index >= 15 is 0 Å². The lowest BCUT2D eigenvalue weighted by Crippen LogP contribution is -2.50. The van der Waals surface area contributed by atoms with E-state index < -0.39 is 41.9 Å². The standard InChI is InChI=1S/C32H36F3N5O6/c1-19-16-40(20(2)18-41)29(42)25-6-5-7-26(38-30(43)36-22-12-14-24(45-4)15-13-22)28(25)46-27(19)17-39(3)31(44)37-23-10-8-21(9-11-23)32(33,34)35/h5-15,19-20,27,41H,16-18H2,1-4H3,(H,37,44)(H2,36,38,43)/t19-,20-,27+/m1/s1. The number of likely N-dealkylation sites (N-methyl/N-ethyl adjacent to an activating group) is 1. The number of urea groups is 2. The Bertz CT molecular complexity index is 1530. The molecule has 3 aromatic rings. The van der Waals surface area contributed by atoms with Crippen LogP contribution in [0.2, 0.25) is 0 Å². The van der Waals surface area contributed by atoms with E-state index in [0.717, 1.165) is 24.3 Å². The minimum absolute atomic E-state index is 0.00892. The number of halogens is 3. The zero-order valence-electron chi connectivity index (χ0n) is 25.7. The zero-order valence-corrected chi connectivity index (χ0v) is 25.7. The van der Waals surface area contributed by atoms with Crippen molar-refractivity contribution in [2.24, 2.45) is 5.92 Å². The number of amides is 5. The summed E-state index contributed by atoms with van der Waals surface area (Å²) in [5.74, 6) is -0.0779. The van der Waals surface area contributed by atoms with Crippen LogP contribution in [0.25, 0.3) is 0 Å². The van der Waals surface area contributed by atoms with Crippen LogP contribution in [-0.4, -0.2) is 78.9 Å². The van der Waals surface area contributed by atoms with Crippen LogP contribution in [0, 0.1) is 5.92 Å². The predicted octanol–water partition coefficient (Wildman–Crippen LogP) is 5.74. The average molecular weight is 644 g/mol. The molecule has 5 amide bonds. The van der Waals surface area contributed by atoms with Crippen molar-refractivity contribution in [1.29, 1.82) is 0 Å². The lowest BCUT2D eigenvalue weighted by molar-refractivity contribution is -0.137. The van der Waals surface area contributed by atoms with Gasteiger partial charge >= 0.3 is 18.2 Å². The highest BCUT2D eigenvalue weighted by Gasteiger charge is 2.35. The molecule has 0 bridgehead atoms. The molecule has 0 aliphatic carbocycles. The Hall–Kier alpha value is -4.98. The van der Waals surface area contributed by atoms with E-state index in [9.17, 15) is 32.7 Å². The van der Waals surface area contributed by atoms with Gasteiger partial charge < -0.3 is 40.3 Å². The summed E-state index contributed by atoms with van der Waals surface area (Å²) in [4.78, 5) is 42.5. The molecule has 0 radical (unpaired) electrons. The predicted molar refractivity (Wildman–Crippen MR) is 166 cm³/mol. The summed E-state index contributed by atoms with van der Waals surface area (Å²) >= 11 is 0. The first kappa shape index (κ1) is 33.9. The van der Waals surface area contributed by atoms with E-state index in [1.54, 1.807) is 49.4 Å². The molecule has 46 heavy (non-hydrogen) atoms. The van der Waals surface area contributed by atoms with Crippen molar-refractivity contribution in [3.05, 3.63) is 77.9 Å². The first-order chi connectivity index (χ1) is 21.8. The number of benzene rings is 3. The minimum atomic E-state index is -4.51. The second-order valence-electron chi connectivity index (χ2n) is 11.0. The molecule has 1 heterocycles. The summed E-state index contributed by atoms with van der Waals surface area (Å²) in [6, 6.07) is 13.7. The fourth-order valence-electron chi connectivity index (χ4n) is 4.83. The van der Waals surface area contributed by atoms with Crippen LogP contribution in [0.5, 0.6) is 11.5 Å². The molecule has 3 atom stereocenters. The molecule has 0 fully saturated rings. The van der Waals surface area contributed by atoms with Gasteiger partial charge in [-0.3, -0.25) is 4.79 Å². The Kier molecular flexibility index (Phi) is 10.6. The zero-order chi connectivity index (χ0) is 33.6. The van der Waals surface area contributed by atoms with E-state index in [2.05, 4.69) is 16.0 Å². The van der Waals surface area contributed by atoms with Crippen molar-refractivity contribution in [2.45, 2.75) is 32.2 Å². The molecule has 4 N–H and O–H groups in total. The van der Waals surface area contributed by atoms with Gasteiger partial charge in [-0.2, -0.15) is 13.2 Å². The number of aliphatic hydroxyl groups is 1. The number of carbonyl (C=O) groups excluding carboxylic acids is 3. The van der Waals surface area contributed by atoms with E-state index in [4.69, 9.17) is 9.47 Å². The van der Waals surface area contributed by atoms with Crippen LogP contribution in [-0.2, 0) is 6.18 Å². The SMILES string of the molecule is COc1ccc(NC(=O)Nc2cccc3c2O[C@@H](CN(C)C(=O)Nc2ccc(C(F)(F)F)cc2)[C@H](C)CN([C@H](C)CO)C3=O)cc1. The van der Waals surface area contributed by atoms with E-state index in [1.807, 2.05) is 6.92 Å². The van der Waals surface area contributed by atoms with Gasteiger partial charge in [-0.25, -0.2) is 9.59 Å². The second kappa shape index (κ2) is 14.4. The molecule has 246 valence electrons. The largest absolute Gasteiger partial charge is 0.497 e. The van der Waals surface area contributed by atoms with Gasteiger partial charge in [0.1, 0.15) is 11.9 Å². The highest BCUT2D eigenvalue weighted by Crippen LogP contribution is 2.35. The normalized spacial score (nSPS) is 17.0. The van der Waals surface area contributed by atoms with Crippen molar-refractivity contribution in [2.75, 3.05) is 49.8 Å². The van der Waals surface area contributed by atoms with Crippen LogP contribution < -0.4 is 25.4 Å². The highest BCUT2D eigenvalue weighted by atomic mass is 19.4. The number of rotatable bonds is 8. The summed E-state index contributed by atoms with van der Waals surface area (Å²) in [6.07, 6.45) is -5.22. The average Bonchev–Trinajstić information content (AvgIpc) is 3.02. The molecule has 1 aliphatic heterocycles. The Balaban J connectivity index is 1.58. The highest BCUT2D eigenvalue weighted by molar-refractivity contribution is 6.04. The number of para-hydroxylation sites is 1. The van der Waals surface area contributed by atoms with Gasteiger partial charge in [0.05, 0.1) is 43.1 Å². The lowest BCUT2D eigenvalue weighted by atomic mass is 9.99. The third-order valence-corrected chi connectivity index (χ3v) is 7.55. The number of aliphatic hydroxyl groups excluding tert-OH is 1. The van der Waals surface area contributed by atoms with Gasteiger partial charge in [-0.1, -0.05) is 13.0 Å². The summed E-state index contributed by atoms with van der Waals surface area (Å²) < 4.78 is 50.4. The van der Waals surface area contributed by atoms with Gasteiger partial charge in [-0.15, -0.1) is 0 Å². The summed E-state index contributed by atoms with van der Waals surface area (Å²) in [5.41, 5.74) is 0.169. The lowest BCUT2D eigenvalue weighted by Gasteiger charge is -2.38. The van der Waals surface area contributed by atoms with Crippen LogP contribution in [0.3, 0.4) is 0 Å². The molecule has 0 spiro atoms. The van der Waals surface area contributed by atoms with Crippen molar-refractivity contribution >= 4 is 35.0 Å². The Labute approximate surface area is 264 Å². The smallest absolute Gasteiger partial charge is 0.416 e. The number of nitrogens with one attached hydrogen (secondary N) is 3. The molecular weight excluding hydrogens is 607 g/mol. The van der Waals surface area contributed by atoms with Crippen LogP contribution in [0.15, 0.2) is 66.7 Å². The molecule has 4 rings (SSSR count). The number of nitrogens with zero attached hydrogens (tertiary/aromatic N) is 2. The number of methoxy groups -OCH3 is 1. The van der Waals surface area contributed by atoms with Crippen LogP contribution in [0.4, 0.5) is 39.8 Å². The molecule has 0 saturated heterocycles. The van der Waals surface area contributed by atoms with Crippen LogP contribution in [0.1, 0.15) is 29.8 Å². The number of fused-ring (bicyclic) bond motifs is 1. The molecule has 0 unspecified atom stereocenters. The summed E-state index contributed by atoms with van der Waals surface area (Å²) in [5, 5.41) is 17.9. The number of anilines is 3. The first-order valence-corrected chi connectivity index (χ1v) is 14.4. The molecule has 0 aromatic heterocycles.